The van der Waals surface area contributed by atoms with E-state index in [1.165, 1.54) is 0 Å². The Bertz CT molecular complexity index is 1470. The van der Waals surface area contributed by atoms with Gasteiger partial charge in [-0.3, -0.25) is 9.59 Å². The summed E-state index contributed by atoms with van der Waals surface area (Å²) in [6.07, 6.45) is 0.381. The van der Waals surface area contributed by atoms with Crippen LogP contribution in [-0.2, 0) is 19.1 Å². The molecule has 0 aliphatic carbocycles. The van der Waals surface area contributed by atoms with E-state index in [1.54, 1.807) is 6.92 Å². The molecule has 0 radical (unpaired) electrons. The second-order valence-electron chi connectivity index (χ2n) is 7.53. The van der Waals surface area contributed by atoms with Crippen LogP contribution in [0.2, 0.25) is 0 Å². The lowest BCUT2D eigenvalue weighted by Crippen LogP contribution is -2.26. The number of ether oxygens (including phenoxy) is 2. The van der Waals surface area contributed by atoms with Gasteiger partial charge in [0.15, 0.2) is 0 Å². The van der Waals surface area contributed by atoms with Gasteiger partial charge in [-0.15, -0.1) is 0 Å². The topological polar surface area (TPSA) is 64.6 Å². The largest absolute Gasteiger partial charge is 0.379 e. The predicted octanol–water partition coefficient (Wildman–Crippen LogP) is 1.19. The molecule has 1 amide bonds. The lowest BCUT2D eigenvalue weighted by Gasteiger charge is -2.16. The standard InChI is InChI=1S/C33H25NO4/c1-5-6-7-8-9-10-11-12-13-14-15-16-17-18-19-20-21-22-23-24-32(36)34-26-28-38-30-29-37-27-25-31(35)33(2,3)4/h25-30H2,1-4H3,(H,34,36). The summed E-state index contributed by atoms with van der Waals surface area (Å²) < 4.78 is 10.7. The molecule has 0 aromatic carbocycles. The first-order valence-corrected chi connectivity index (χ1v) is 11.3. The molecular weight excluding hydrogens is 474 g/mol. The monoisotopic (exact) mass is 499 g/mol. The van der Waals surface area contributed by atoms with Crippen LogP contribution in [0, 0.1) is 124 Å². The number of hydrogen-bond donors (Lipinski definition) is 1. The molecule has 0 saturated heterocycles. The number of nitrogens with one attached hydrogen (secondary N) is 1. The lowest BCUT2D eigenvalue weighted by molar-refractivity contribution is -0.127. The van der Waals surface area contributed by atoms with Gasteiger partial charge >= 0.3 is 0 Å². The Morgan fingerprint density at radius 1 is 0.579 bits per heavy atom. The molecule has 1 N–H and O–H groups in total. The summed E-state index contributed by atoms with van der Waals surface area (Å²) in [6.45, 7) is 9.06. The molecule has 0 unspecified atom stereocenters. The van der Waals surface area contributed by atoms with Crippen molar-refractivity contribution in [3.05, 3.63) is 0 Å². The minimum absolute atomic E-state index is 0.159. The molecule has 0 aromatic heterocycles. The fourth-order valence-electron chi connectivity index (χ4n) is 1.79. The summed E-state index contributed by atoms with van der Waals surface area (Å²) in [6, 6.07) is 0. The van der Waals surface area contributed by atoms with Gasteiger partial charge in [0.1, 0.15) is 5.78 Å². The van der Waals surface area contributed by atoms with Crippen molar-refractivity contribution in [2.24, 2.45) is 5.41 Å². The van der Waals surface area contributed by atoms with Crippen LogP contribution in [0.1, 0.15) is 34.1 Å². The van der Waals surface area contributed by atoms with Gasteiger partial charge in [-0.05, 0) is 102 Å². The van der Waals surface area contributed by atoms with Crippen molar-refractivity contribution in [2.45, 2.75) is 34.1 Å². The van der Waals surface area contributed by atoms with E-state index < -0.39 is 5.91 Å². The Labute approximate surface area is 227 Å². The summed E-state index contributed by atoms with van der Waals surface area (Å²) in [5.74, 6) is 49.4. The van der Waals surface area contributed by atoms with Gasteiger partial charge in [-0.25, -0.2) is 0 Å². The molecule has 0 rings (SSSR count). The van der Waals surface area contributed by atoms with E-state index in [0.29, 0.717) is 39.4 Å². The lowest BCUT2D eigenvalue weighted by atomic mass is 9.89. The zero-order valence-corrected chi connectivity index (χ0v) is 21.9. The average molecular weight is 500 g/mol. The van der Waals surface area contributed by atoms with Crippen molar-refractivity contribution < 1.29 is 19.1 Å². The fraction of sp³-hybridized carbons (Fsp3) is 0.333. The first-order valence-electron chi connectivity index (χ1n) is 11.3. The van der Waals surface area contributed by atoms with Gasteiger partial charge in [-0.2, -0.15) is 0 Å². The summed E-state index contributed by atoms with van der Waals surface area (Å²) in [5.41, 5.74) is -0.351. The maximum atomic E-state index is 11.7. The Hall–Kier alpha value is -5.34. The van der Waals surface area contributed by atoms with Crippen LogP contribution in [0.4, 0.5) is 0 Å². The molecule has 186 valence electrons. The van der Waals surface area contributed by atoms with E-state index in [0.717, 1.165) is 0 Å². The molecule has 0 aromatic rings. The van der Waals surface area contributed by atoms with Gasteiger partial charge in [0.2, 0.25) is 0 Å². The maximum Gasteiger partial charge on any atom is 0.296 e. The highest BCUT2D eigenvalue weighted by Gasteiger charge is 2.20. The highest BCUT2D eigenvalue weighted by Crippen LogP contribution is 2.16. The second-order valence-corrected chi connectivity index (χ2v) is 7.53. The summed E-state index contributed by atoms with van der Waals surface area (Å²) in [4.78, 5) is 23.3. The van der Waals surface area contributed by atoms with Gasteiger partial charge in [0, 0.05) is 36.1 Å². The van der Waals surface area contributed by atoms with Crippen LogP contribution >= 0.6 is 0 Å². The number of ketones is 1. The third-order valence-corrected chi connectivity index (χ3v) is 3.58. The minimum atomic E-state index is -0.476. The van der Waals surface area contributed by atoms with Crippen LogP contribution in [0.25, 0.3) is 0 Å². The first kappa shape index (κ1) is 32.7. The Balaban J connectivity index is 4.06. The number of carbonyl (C=O) groups excluding carboxylic acids is 2. The van der Waals surface area contributed by atoms with Crippen LogP contribution in [-0.4, -0.2) is 44.7 Å². The van der Waals surface area contributed by atoms with Crippen LogP contribution in [0.3, 0.4) is 0 Å². The van der Waals surface area contributed by atoms with Crippen molar-refractivity contribution in [3.63, 3.8) is 0 Å². The average Bonchev–Trinajstić information content (AvgIpc) is 2.88. The van der Waals surface area contributed by atoms with Gasteiger partial charge < -0.3 is 14.8 Å². The van der Waals surface area contributed by atoms with E-state index >= 15 is 0 Å². The van der Waals surface area contributed by atoms with E-state index in [9.17, 15) is 9.59 Å². The van der Waals surface area contributed by atoms with Gasteiger partial charge in [-0.1, -0.05) is 26.7 Å². The van der Waals surface area contributed by atoms with Crippen LogP contribution < -0.4 is 5.32 Å². The van der Waals surface area contributed by atoms with E-state index in [-0.39, 0.29) is 11.2 Å². The van der Waals surface area contributed by atoms with E-state index in [1.807, 2.05) is 20.8 Å². The first-order chi connectivity index (χ1) is 18.4. The Morgan fingerprint density at radius 3 is 1.39 bits per heavy atom. The number of carbonyl (C=O) groups is 2. The van der Waals surface area contributed by atoms with Crippen molar-refractivity contribution >= 4 is 11.7 Å². The molecule has 0 spiro atoms. The van der Waals surface area contributed by atoms with Crippen molar-refractivity contribution in [1.82, 2.24) is 5.32 Å². The van der Waals surface area contributed by atoms with E-state index in [2.05, 4.69) is 124 Å². The second kappa shape index (κ2) is 23.4. The summed E-state index contributed by atoms with van der Waals surface area (Å²) >= 11 is 0. The summed E-state index contributed by atoms with van der Waals surface area (Å²) in [5, 5.41) is 2.58. The van der Waals surface area contributed by atoms with Crippen LogP contribution in [0.15, 0.2) is 0 Å². The smallest absolute Gasteiger partial charge is 0.296 e. The normalized spacial score (nSPS) is 7.47. The molecular formula is C33H25NO4. The molecule has 0 saturated carbocycles. The zero-order valence-electron chi connectivity index (χ0n) is 21.9. The molecule has 0 aliphatic heterocycles. The predicted molar refractivity (Wildman–Crippen MR) is 147 cm³/mol. The molecule has 38 heavy (non-hydrogen) atoms. The fourth-order valence-corrected chi connectivity index (χ4v) is 1.79. The van der Waals surface area contributed by atoms with Crippen LogP contribution in [0.5, 0.6) is 0 Å². The van der Waals surface area contributed by atoms with Gasteiger partial charge in [0.25, 0.3) is 5.91 Å². The highest BCUT2D eigenvalue weighted by atomic mass is 16.5. The number of rotatable bonds is 9. The molecule has 0 aliphatic rings. The maximum absolute atomic E-state index is 11.7. The SMILES string of the molecule is CC#CC#CC#CC#CC#CC#CC#CC#CC#CC#CC(=O)NCCOCCOCCC(=O)C(C)(C)C. The third kappa shape index (κ3) is 23.8. The number of amides is 1. The summed E-state index contributed by atoms with van der Waals surface area (Å²) in [7, 11) is 0. The molecule has 0 fully saturated rings. The third-order valence-electron chi connectivity index (χ3n) is 3.58. The minimum Gasteiger partial charge on any atom is -0.379 e. The molecule has 5 heteroatoms. The highest BCUT2D eigenvalue weighted by molar-refractivity contribution is 5.94. The Kier molecular flexibility index (Phi) is 20.1. The molecule has 0 atom stereocenters. The van der Waals surface area contributed by atoms with Crippen molar-refractivity contribution in [3.8, 4) is 118 Å². The van der Waals surface area contributed by atoms with Gasteiger partial charge in [0.05, 0.1) is 26.4 Å². The Morgan fingerprint density at radius 2 is 0.974 bits per heavy atom. The number of Topliss-reactive ketones (excluding diaryl/α,β-unsaturated/α-hetero) is 1. The quantitative estimate of drug-likeness (QED) is 0.383. The van der Waals surface area contributed by atoms with Crippen molar-refractivity contribution in [1.29, 1.82) is 0 Å². The molecule has 0 heterocycles. The zero-order chi connectivity index (χ0) is 28.2. The number of hydrogen-bond acceptors (Lipinski definition) is 4. The van der Waals surface area contributed by atoms with Crippen molar-refractivity contribution in [2.75, 3.05) is 33.0 Å². The van der Waals surface area contributed by atoms with E-state index in [4.69, 9.17) is 9.47 Å². The molecule has 0 bridgehead atoms. The molecule has 5 nitrogen and oxygen atoms in total.